The first-order valence-corrected chi connectivity index (χ1v) is 12.9. The molecule has 1 heterocycles. The molecule has 0 spiro atoms. The van der Waals surface area contributed by atoms with Gasteiger partial charge in [-0.25, -0.2) is 0 Å². The van der Waals surface area contributed by atoms with Crippen molar-refractivity contribution in [3.63, 3.8) is 0 Å². The number of carbonyl (C=O) groups is 3. The Morgan fingerprint density at radius 2 is 1.69 bits per heavy atom. The maximum atomic E-state index is 12.8. The normalized spacial score (nSPS) is 14.6. The van der Waals surface area contributed by atoms with Gasteiger partial charge in [-0.2, -0.15) is 0 Å². The highest BCUT2D eigenvalue weighted by Crippen LogP contribution is 2.34. The van der Waals surface area contributed by atoms with Gasteiger partial charge < -0.3 is 4.74 Å². The first-order chi connectivity index (χ1) is 16.7. The zero-order valence-electron chi connectivity index (χ0n) is 17.8. The Morgan fingerprint density at radius 3 is 2.37 bits per heavy atom. The topological polar surface area (TPSA) is 63.7 Å². The van der Waals surface area contributed by atoms with Gasteiger partial charge in [-0.05, 0) is 87.9 Å². The van der Waals surface area contributed by atoms with E-state index < -0.39 is 11.1 Å². The summed E-state index contributed by atoms with van der Waals surface area (Å²) >= 11 is 22.2. The van der Waals surface area contributed by atoms with Crippen LogP contribution in [-0.2, 0) is 11.4 Å². The number of benzene rings is 3. The maximum Gasteiger partial charge on any atom is 0.293 e. The van der Waals surface area contributed by atoms with Crippen LogP contribution in [0, 0.1) is 0 Å². The molecule has 1 aliphatic rings. The zero-order valence-corrected chi connectivity index (χ0v) is 22.4. The average Bonchev–Trinajstić information content (AvgIpc) is 3.07. The summed E-state index contributed by atoms with van der Waals surface area (Å²) in [5.74, 6) is -0.291. The van der Waals surface area contributed by atoms with Gasteiger partial charge in [0.25, 0.3) is 11.1 Å². The summed E-state index contributed by atoms with van der Waals surface area (Å²) in [4.78, 5) is 38.9. The molecule has 178 valence electrons. The van der Waals surface area contributed by atoms with E-state index in [2.05, 4.69) is 15.9 Å². The van der Waals surface area contributed by atoms with E-state index in [-0.39, 0.29) is 23.8 Å². The highest BCUT2D eigenvalue weighted by Gasteiger charge is 2.36. The molecular weight excluding hydrogens is 597 g/mol. The van der Waals surface area contributed by atoms with Crippen molar-refractivity contribution < 1.29 is 19.1 Å². The van der Waals surface area contributed by atoms with Crippen molar-refractivity contribution in [1.29, 1.82) is 0 Å². The second-order valence-electron chi connectivity index (χ2n) is 7.41. The van der Waals surface area contributed by atoms with E-state index in [1.165, 1.54) is 0 Å². The van der Waals surface area contributed by atoms with Gasteiger partial charge in [0.1, 0.15) is 12.4 Å². The Morgan fingerprint density at radius 1 is 0.971 bits per heavy atom. The van der Waals surface area contributed by atoms with Crippen molar-refractivity contribution in [3.05, 3.63) is 102 Å². The Labute approximate surface area is 229 Å². The number of rotatable bonds is 7. The SMILES string of the molecule is O=C(CN1C(=O)S/C(=C/c2ccc(OCc3ccc(Cl)cc3Cl)c(Br)c2)C1=O)c1ccc(Cl)cc1. The van der Waals surface area contributed by atoms with Crippen LogP contribution in [0.3, 0.4) is 0 Å². The molecular formula is C25H15BrCl3NO4S. The summed E-state index contributed by atoms with van der Waals surface area (Å²) in [5, 5.41) is 1.05. The van der Waals surface area contributed by atoms with E-state index in [0.29, 0.717) is 36.4 Å². The maximum absolute atomic E-state index is 12.8. The van der Waals surface area contributed by atoms with Crippen molar-refractivity contribution in [2.45, 2.75) is 6.61 Å². The quantitative estimate of drug-likeness (QED) is 0.201. The van der Waals surface area contributed by atoms with Crippen LogP contribution in [0.1, 0.15) is 21.5 Å². The predicted molar refractivity (Wildman–Crippen MR) is 143 cm³/mol. The largest absolute Gasteiger partial charge is 0.488 e. The van der Waals surface area contributed by atoms with Crippen LogP contribution < -0.4 is 4.74 Å². The number of Topliss-reactive ketones (excluding diaryl/α,β-unsaturated/α-hetero) is 1. The van der Waals surface area contributed by atoms with Crippen LogP contribution in [-0.4, -0.2) is 28.4 Å². The Hall–Kier alpha value is -2.29. The number of hydrogen-bond donors (Lipinski definition) is 0. The van der Waals surface area contributed by atoms with Crippen LogP contribution in [0.15, 0.2) is 70.0 Å². The van der Waals surface area contributed by atoms with E-state index in [1.807, 2.05) is 0 Å². The van der Waals surface area contributed by atoms with Crippen LogP contribution in [0.4, 0.5) is 4.79 Å². The summed E-state index contributed by atoms with van der Waals surface area (Å²) in [7, 11) is 0. The van der Waals surface area contributed by atoms with Crippen LogP contribution in [0.5, 0.6) is 5.75 Å². The minimum Gasteiger partial charge on any atom is -0.488 e. The van der Waals surface area contributed by atoms with Gasteiger partial charge >= 0.3 is 0 Å². The summed E-state index contributed by atoms with van der Waals surface area (Å²) < 4.78 is 6.50. The van der Waals surface area contributed by atoms with Crippen molar-refractivity contribution in [2.24, 2.45) is 0 Å². The van der Waals surface area contributed by atoms with Crippen LogP contribution in [0.2, 0.25) is 15.1 Å². The van der Waals surface area contributed by atoms with Crippen molar-refractivity contribution in [2.75, 3.05) is 6.54 Å². The minimum absolute atomic E-state index is 0.229. The van der Waals surface area contributed by atoms with Crippen LogP contribution >= 0.6 is 62.5 Å². The second kappa shape index (κ2) is 11.2. The first-order valence-electron chi connectivity index (χ1n) is 10.1. The third kappa shape index (κ3) is 6.29. The highest BCUT2D eigenvalue weighted by molar-refractivity contribution is 9.10. The first kappa shape index (κ1) is 25.8. The lowest BCUT2D eigenvalue weighted by Gasteiger charge is -2.11. The molecule has 10 heteroatoms. The molecule has 0 bridgehead atoms. The fourth-order valence-corrected chi connectivity index (χ4v) is 5.11. The lowest BCUT2D eigenvalue weighted by Crippen LogP contribution is -2.33. The molecule has 0 atom stereocenters. The van der Waals surface area contributed by atoms with Crippen LogP contribution in [0.25, 0.3) is 6.08 Å². The molecule has 3 aromatic rings. The number of nitrogens with zero attached hydrogens (tertiary/aromatic N) is 1. The van der Waals surface area contributed by atoms with Gasteiger partial charge in [-0.15, -0.1) is 0 Å². The third-order valence-corrected chi connectivity index (χ3v) is 7.36. The average molecular weight is 612 g/mol. The number of hydrogen-bond acceptors (Lipinski definition) is 5. The number of thioether (sulfide) groups is 1. The molecule has 1 aliphatic heterocycles. The fourth-order valence-electron chi connectivity index (χ4n) is 3.18. The van der Waals surface area contributed by atoms with E-state index in [4.69, 9.17) is 39.5 Å². The molecule has 1 saturated heterocycles. The third-order valence-electron chi connectivity index (χ3n) is 4.99. The Kier molecular flexibility index (Phi) is 8.24. The summed E-state index contributed by atoms with van der Waals surface area (Å²) in [6.45, 7) is -0.0954. The van der Waals surface area contributed by atoms with Gasteiger partial charge in [0.05, 0.1) is 15.9 Å². The number of ether oxygens (including phenoxy) is 1. The molecule has 0 aromatic heterocycles. The number of carbonyl (C=O) groups excluding carboxylic acids is 3. The standard InChI is InChI=1S/C25H15BrCl3NO4S/c26-19-9-14(1-8-22(19)34-13-16-4-7-18(28)11-20(16)29)10-23-24(32)30(25(33)35-23)12-21(31)15-2-5-17(27)6-3-15/h1-11H,12-13H2/b23-10+. The van der Waals surface area contributed by atoms with E-state index >= 15 is 0 Å². The summed E-state index contributed by atoms with van der Waals surface area (Å²) in [6, 6.07) is 16.7. The number of imide groups is 1. The predicted octanol–water partition coefficient (Wildman–Crippen LogP) is 7.91. The molecule has 5 nitrogen and oxygen atoms in total. The van der Waals surface area contributed by atoms with Gasteiger partial charge in [0.15, 0.2) is 5.78 Å². The number of amides is 2. The fraction of sp³-hybridized carbons (Fsp3) is 0.0800. The van der Waals surface area contributed by atoms with Gasteiger partial charge in [0, 0.05) is 26.2 Å². The minimum atomic E-state index is -0.517. The Balaban J connectivity index is 1.43. The molecule has 35 heavy (non-hydrogen) atoms. The van der Waals surface area contributed by atoms with E-state index in [1.54, 1.807) is 66.7 Å². The van der Waals surface area contributed by atoms with Gasteiger partial charge in [-0.3, -0.25) is 19.3 Å². The number of ketones is 1. The monoisotopic (exact) mass is 609 g/mol. The number of halogens is 4. The lowest BCUT2D eigenvalue weighted by atomic mass is 10.1. The zero-order chi connectivity index (χ0) is 25.1. The molecule has 0 radical (unpaired) electrons. The highest BCUT2D eigenvalue weighted by atomic mass is 79.9. The van der Waals surface area contributed by atoms with E-state index in [9.17, 15) is 14.4 Å². The summed E-state index contributed by atoms with van der Waals surface area (Å²) in [6.07, 6.45) is 1.60. The smallest absolute Gasteiger partial charge is 0.293 e. The van der Waals surface area contributed by atoms with E-state index in [0.717, 1.165) is 22.2 Å². The Bertz CT molecular complexity index is 1360. The molecule has 1 fully saturated rings. The van der Waals surface area contributed by atoms with Crippen molar-refractivity contribution >= 4 is 85.5 Å². The molecule has 0 aliphatic carbocycles. The summed E-state index contributed by atoms with van der Waals surface area (Å²) in [5.41, 5.74) is 1.84. The molecule has 0 saturated carbocycles. The van der Waals surface area contributed by atoms with Gasteiger partial charge in [-0.1, -0.05) is 46.9 Å². The van der Waals surface area contributed by atoms with Crippen molar-refractivity contribution in [3.8, 4) is 5.75 Å². The molecule has 4 rings (SSSR count). The molecule has 0 N–H and O–H groups in total. The van der Waals surface area contributed by atoms with Crippen molar-refractivity contribution in [1.82, 2.24) is 4.90 Å². The molecule has 2 amide bonds. The molecule has 0 unspecified atom stereocenters. The second-order valence-corrected chi connectivity index (χ2v) is 10.5. The lowest BCUT2D eigenvalue weighted by molar-refractivity contribution is -0.122. The molecule has 3 aromatic carbocycles. The van der Waals surface area contributed by atoms with Gasteiger partial charge in [0.2, 0.25) is 0 Å².